The molecule has 25 heavy (non-hydrogen) atoms. The molecule has 4 nitrogen and oxygen atoms in total. The minimum absolute atomic E-state index is 0.0410. The summed E-state index contributed by atoms with van der Waals surface area (Å²) in [5, 5.41) is 1.89. The first-order valence-corrected chi connectivity index (χ1v) is 10.7. The first kappa shape index (κ1) is 18.2. The number of hydrogen-bond acceptors (Lipinski definition) is 3. The molecular formula is C20H27NO3S. The van der Waals surface area contributed by atoms with E-state index in [1.807, 2.05) is 24.3 Å². The summed E-state index contributed by atoms with van der Waals surface area (Å²) in [4.78, 5) is 0.333. The number of ether oxygens (including phenoxy) is 1. The molecule has 2 atom stereocenters. The topological polar surface area (TPSA) is 55.4 Å². The van der Waals surface area contributed by atoms with E-state index in [2.05, 4.69) is 18.6 Å². The SMILES string of the molecule is CCCOc1ccc2cc(S(=O)(=O)N[C@@H]3CCCC[C@H]3C)ccc2c1. The van der Waals surface area contributed by atoms with Gasteiger partial charge in [-0.15, -0.1) is 0 Å². The van der Waals surface area contributed by atoms with Crippen LogP contribution < -0.4 is 9.46 Å². The van der Waals surface area contributed by atoms with Crippen LogP contribution in [0, 0.1) is 5.92 Å². The van der Waals surface area contributed by atoms with Crippen molar-refractivity contribution in [1.82, 2.24) is 4.72 Å². The molecule has 3 rings (SSSR count). The predicted octanol–water partition coefficient (Wildman–Crippen LogP) is 4.49. The third-order valence-corrected chi connectivity index (χ3v) is 6.47. The Bertz CT molecular complexity index is 832. The maximum absolute atomic E-state index is 12.8. The first-order chi connectivity index (χ1) is 12.0. The van der Waals surface area contributed by atoms with E-state index in [0.29, 0.717) is 17.4 Å². The monoisotopic (exact) mass is 361 g/mol. The molecule has 0 heterocycles. The fourth-order valence-corrected chi connectivity index (χ4v) is 4.85. The zero-order valence-electron chi connectivity index (χ0n) is 15.0. The van der Waals surface area contributed by atoms with Crippen LogP contribution in [0.15, 0.2) is 41.3 Å². The molecule has 1 aliphatic carbocycles. The lowest BCUT2D eigenvalue weighted by atomic mass is 9.87. The van der Waals surface area contributed by atoms with E-state index in [-0.39, 0.29) is 6.04 Å². The third kappa shape index (κ3) is 4.33. The van der Waals surface area contributed by atoms with Crippen LogP contribution in [0.1, 0.15) is 46.0 Å². The highest BCUT2D eigenvalue weighted by atomic mass is 32.2. The molecule has 1 N–H and O–H groups in total. The van der Waals surface area contributed by atoms with Gasteiger partial charge >= 0.3 is 0 Å². The average molecular weight is 362 g/mol. The highest BCUT2D eigenvalue weighted by molar-refractivity contribution is 7.89. The van der Waals surface area contributed by atoms with E-state index in [1.165, 1.54) is 6.42 Å². The highest BCUT2D eigenvalue weighted by Gasteiger charge is 2.26. The molecule has 0 aliphatic heterocycles. The number of rotatable bonds is 6. The standard InChI is InChI=1S/C20H27NO3S/c1-3-12-24-18-10-8-17-14-19(11-9-16(17)13-18)25(22,23)21-20-7-5-4-6-15(20)2/h8-11,13-15,20-21H,3-7,12H2,1-2H3/t15-,20-/m1/s1. The second-order valence-electron chi connectivity index (χ2n) is 7.01. The van der Waals surface area contributed by atoms with Gasteiger partial charge in [0.1, 0.15) is 5.75 Å². The maximum atomic E-state index is 12.8. The second kappa shape index (κ2) is 7.75. The molecule has 2 aromatic rings. The molecule has 5 heteroatoms. The van der Waals surface area contributed by atoms with Crippen molar-refractivity contribution in [3.8, 4) is 5.75 Å². The molecular weight excluding hydrogens is 334 g/mol. The zero-order chi connectivity index (χ0) is 17.9. The van der Waals surface area contributed by atoms with Crippen molar-refractivity contribution < 1.29 is 13.2 Å². The molecule has 1 aliphatic rings. The Morgan fingerprint density at radius 1 is 1.08 bits per heavy atom. The van der Waals surface area contributed by atoms with Crippen molar-refractivity contribution in [3.63, 3.8) is 0 Å². The minimum atomic E-state index is -3.49. The van der Waals surface area contributed by atoms with E-state index in [1.54, 1.807) is 12.1 Å². The van der Waals surface area contributed by atoms with E-state index >= 15 is 0 Å². The molecule has 136 valence electrons. The summed E-state index contributed by atoms with van der Waals surface area (Å²) in [5.41, 5.74) is 0. The lowest BCUT2D eigenvalue weighted by molar-refractivity contribution is 0.310. The first-order valence-electron chi connectivity index (χ1n) is 9.18. The van der Waals surface area contributed by atoms with Crippen LogP contribution in [-0.2, 0) is 10.0 Å². The van der Waals surface area contributed by atoms with Crippen LogP contribution in [0.4, 0.5) is 0 Å². The molecule has 0 amide bonds. The predicted molar refractivity (Wildman–Crippen MR) is 101 cm³/mol. The summed E-state index contributed by atoms with van der Waals surface area (Å²) in [6.45, 7) is 4.88. The number of hydrogen-bond donors (Lipinski definition) is 1. The normalized spacial score (nSPS) is 21.4. The van der Waals surface area contributed by atoms with Gasteiger partial charge in [0.25, 0.3) is 0 Å². The van der Waals surface area contributed by atoms with Crippen LogP contribution in [-0.4, -0.2) is 21.1 Å². The Labute approximate surface area is 150 Å². The van der Waals surface area contributed by atoms with Gasteiger partial charge in [0, 0.05) is 6.04 Å². The summed E-state index contributed by atoms with van der Waals surface area (Å²) in [6, 6.07) is 11.1. The molecule has 0 aromatic heterocycles. The fraction of sp³-hybridized carbons (Fsp3) is 0.500. The Hall–Kier alpha value is -1.59. The Balaban J connectivity index is 1.82. The number of fused-ring (bicyclic) bond motifs is 1. The number of benzene rings is 2. The van der Waals surface area contributed by atoms with Crippen molar-refractivity contribution >= 4 is 20.8 Å². The summed E-state index contributed by atoms with van der Waals surface area (Å²) in [7, 11) is -3.49. The molecule has 0 unspecified atom stereocenters. The van der Waals surface area contributed by atoms with Crippen LogP contribution in [0.3, 0.4) is 0 Å². The smallest absolute Gasteiger partial charge is 0.240 e. The van der Waals surface area contributed by atoms with E-state index in [4.69, 9.17) is 4.74 Å². The molecule has 0 bridgehead atoms. The van der Waals surface area contributed by atoms with E-state index < -0.39 is 10.0 Å². The van der Waals surface area contributed by atoms with E-state index in [9.17, 15) is 8.42 Å². The minimum Gasteiger partial charge on any atom is -0.494 e. The third-order valence-electron chi connectivity index (χ3n) is 4.98. The van der Waals surface area contributed by atoms with Gasteiger partial charge in [0.2, 0.25) is 10.0 Å². The summed E-state index contributed by atoms with van der Waals surface area (Å²) >= 11 is 0. The van der Waals surface area contributed by atoms with Gasteiger partial charge in [0.15, 0.2) is 0 Å². The fourth-order valence-electron chi connectivity index (χ4n) is 3.44. The Morgan fingerprint density at radius 2 is 1.80 bits per heavy atom. The van der Waals surface area contributed by atoms with Crippen LogP contribution in [0.25, 0.3) is 10.8 Å². The molecule has 2 aromatic carbocycles. The Morgan fingerprint density at radius 3 is 2.56 bits per heavy atom. The van der Waals surface area contributed by atoms with Gasteiger partial charge in [0.05, 0.1) is 11.5 Å². The van der Waals surface area contributed by atoms with Gasteiger partial charge in [-0.3, -0.25) is 0 Å². The molecule has 0 spiro atoms. The molecule has 0 saturated heterocycles. The second-order valence-corrected chi connectivity index (χ2v) is 8.72. The molecule has 1 saturated carbocycles. The van der Waals surface area contributed by atoms with Crippen molar-refractivity contribution in [2.24, 2.45) is 5.92 Å². The lowest BCUT2D eigenvalue weighted by Crippen LogP contribution is -2.40. The Kier molecular flexibility index (Phi) is 5.64. The van der Waals surface area contributed by atoms with Crippen molar-refractivity contribution in [2.75, 3.05) is 6.61 Å². The van der Waals surface area contributed by atoms with E-state index in [0.717, 1.165) is 42.2 Å². The van der Waals surface area contributed by atoms with Gasteiger partial charge < -0.3 is 4.74 Å². The van der Waals surface area contributed by atoms with Gasteiger partial charge in [-0.25, -0.2) is 13.1 Å². The summed E-state index contributed by atoms with van der Waals surface area (Å²) in [6.07, 6.45) is 5.26. The largest absolute Gasteiger partial charge is 0.494 e. The molecule has 1 fully saturated rings. The van der Waals surface area contributed by atoms with Crippen LogP contribution in [0.2, 0.25) is 0 Å². The van der Waals surface area contributed by atoms with Gasteiger partial charge in [-0.05, 0) is 60.2 Å². The number of sulfonamides is 1. The van der Waals surface area contributed by atoms with Crippen molar-refractivity contribution in [3.05, 3.63) is 36.4 Å². The summed E-state index contributed by atoms with van der Waals surface area (Å²) in [5.74, 6) is 1.21. The lowest BCUT2D eigenvalue weighted by Gasteiger charge is -2.29. The van der Waals surface area contributed by atoms with Crippen molar-refractivity contribution in [2.45, 2.75) is 56.9 Å². The average Bonchev–Trinajstić information content (AvgIpc) is 2.61. The highest BCUT2D eigenvalue weighted by Crippen LogP contribution is 2.27. The van der Waals surface area contributed by atoms with Crippen LogP contribution in [0.5, 0.6) is 5.75 Å². The molecule has 0 radical (unpaired) electrons. The van der Waals surface area contributed by atoms with Crippen LogP contribution >= 0.6 is 0 Å². The van der Waals surface area contributed by atoms with Gasteiger partial charge in [-0.2, -0.15) is 0 Å². The summed E-state index contributed by atoms with van der Waals surface area (Å²) < 4.78 is 34.1. The quantitative estimate of drug-likeness (QED) is 0.825. The van der Waals surface area contributed by atoms with Gasteiger partial charge in [-0.1, -0.05) is 38.8 Å². The zero-order valence-corrected chi connectivity index (χ0v) is 15.8. The maximum Gasteiger partial charge on any atom is 0.240 e. The van der Waals surface area contributed by atoms with Crippen molar-refractivity contribution in [1.29, 1.82) is 0 Å². The number of nitrogens with one attached hydrogen (secondary N) is 1.